The Morgan fingerprint density at radius 3 is 2.84 bits per heavy atom. The van der Waals surface area contributed by atoms with E-state index in [4.69, 9.17) is 5.11 Å². The molecule has 4 nitrogen and oxygen atoms in total. The molecule has 0 radical (unpaired) electrons. The number of likely N-dealkylation sites (tertiary alicyclic amines) is 1. The van der Waals surface area contributed by atoms with Crippen LogP contribution in [-0.2, 0) is 4.79 Å². The molecule has 0 aromatic heterocycles. The molecule has 0 spiro atoms. The van der Waals surface area contributed by atoms with Crippen molar-refractivity contribution >= 4 is 18.0 Å². The Kier molecular flexibility index (Phi) is 4.00. The summed E-state index contributed by atoms with van der Waals surface area (Å²) in [4.78, 5) is 24.7. The second kappa shape index (κ2) is 5.69. The molecule has 1 aliphatic rings. The number of aliphatic carboxylic acids is 1. The van der Waals surface area contributed by atoms with Gasteiger partial charge in [-0.05, 0) is 43.5 Å². The lowest BCUT2D eigenvalue weighted by Crippen LogP contribution is -2.33. The number of carbonyl (C=O) groups is 2. The molecule has 2 rings (SSSR count). The van der Waals surface area contributed by atoms with Crippen molar-refractivity contribution in [3.8, 4) is 0 Å². The second-order valence-corrected chi connectivity index (χ2v) is 4.79. The molecule has 0 saturated carbocycles. The van der Waals surface area contributed by atoms with Crippen LogP contribution in [0.3, 0.4) is 0 Å². The predicted molar refractivity (Wildman–Crippen MR) is 72.8 cm³/mol. The molecule has 19 heavy (non-hydrogen) atoms. The van der Waals surface area contributed by atoms with E-state index in [9.17, 15) is 9.59 Å². The summed E-state index contributed by atoms with van der Waals surface area (Å²) >= 11 is 0. The number of carbonyl (C=O) groups excluding carboxylic acids is 1. The smallest absolute Gasteiger partial charge is 0.328 e. The fraction of sp³-hybridized carbons (Fsp3) is 0.333. The van der Waals surface area contributed by atoms with Crippen molar-refractivity contribution in [1.29, 1.82) is 0 Å². The zero-order chi connectivity index (χ0) is 13.8. The van der Waals surface area contributed by atoms with Crippen LogP contribution in [0.25, 0.3) is 6.08 Å². The minimum absolute atomic E-state index is 0.0237. The predicted octanol–water partition coefficient (Wildman–Crippen LogP) is 2.41. The third kappa shape index (κ3) is 3.22. The summed E-state index contributed by atoms with van der Waals surface area (Å²) in [7, 11) is 0. The van der Waals surface area contributed by atoms with E-state index in [1.54, 1.807) is 24.3 Å². The van der Waals surface area contributed by atoms with Gasteiger partial charge in [0.1, 0.15) is 0 Å². The Hall–Kier alpha value is -2.10. The molecule has 1 amide bonds. The van der Waals surface area contributed by atoms with Crippen molar-refractivity contribution in [2.45, 2.75) is 25.8 Å². The molecule has 1 aromatic carbocycles. The molecule has 1 fully saturated rings. The summed E-state index contributed by atoms with van der Waals surface area (Å²) < 4.78 is 0. The number of benzene rings is 1. The standard InChI is InChI=1S/C15H17NO3/c1-11-4-3-9-16(11)15(19)13-6-2-5-12(10-13)7-8-14(17)18/h2,5-8,10-11H,3-4,9H2,1H3,(H,17,18)/b8-7+. The zero-order valence-electron chi connectivity index (χ0n) is 10.9. The van der Waals surface area contributed by atoms with Crippen molar-refractivity contribution in [1.82, 2.24) is 4.90 Å². The average Bonchev–Trinajstić information content (AvgIpc) is 2.82. The highest BCUT2D eigenvalue weighted by Crippen LogP contribution is 2.20. The number of hydrogen-bond donors (Lipinski definition) is 1. The fourth-order valence-electron chi connectivity index (χ4n) is 2.34. The monoisotopic (exact) mass is 259 g/mol. The van der Waals surface area contributed by atoms with Crippen LogP contribution in [0.4, 0.5) is 0 Å². The average molecular weight is 259 g/mol. The van der Waals surface area contributed by atoms with Gasteiger partial charge in [-0.1, -0.05) is 12.1 Å². The van der Waals surface area contributed by atoms with Crippen molar-refractivity contribution in [3.05, 3.63) is 41.5 Å². The summed E-state index contributed by atoms with van der Waals surface area (Å²) in [6.45, 7) is 2.86. The summed E-state index contributed by atoms with van der Waals surface area (Å²) in [5.41, 5.74) is 1.33. The van der Waals surface area contributed by atoms with Crippen LogP contribution < -0.4 is 0 Å². The largest absolute Gasteiger partial charge is 0.478 e. The first-order valence-corrected chi connectivity index (χ1v) is 6.40. The van der Waals surface area contributed by atoms with Gasteiger partial charge in [-0.25, -0.2) is 4.79 Å². The van der Waals surface area contributed by atoms with Crippen LogP contribution in [0.5, 0.6) is 0 Å². The number of hydrogen-bond acceptors (Lipinski definition) is 2. The van der Waals surface area contributed by atoms with E-state index in [-0.39, 0.29) is 11.9 Å². The molecule has 1 atom stereocenters. The lowest BCUT2D eigenvalue weighted by atomic mass is 10.1. The second-order valence-electron chi connectivity index (χ2n) is 4.79. The summed E-state index contributed by atoms with van der Waals surface area (Å²) in [5.74, 6) is -0.972. The first-order valence-electron chi connectivity index (χ1n) is 6.40. The van der Waals surface area contributed by atoms with E-state index < -0.39 is 5.97 Å². The van der Waals surface area contributed by atoms with Crippen LogP contribution >= 0.6 is 0 Å². The molecule has 1 unspecified atom stereocenters. The number of amides is 1. The number of carboxylic acid groups (broad SMARTS) is 1. The topological polar surface area (TPSA) is 57.6 Å². The lowest BCUT2D eigenvalue weighted by molar-refractivity contribution is -0.131. The summed E-state index contributed by atoms with van der Waals surface area (Å²) in [5, 5.41) is 8.60. The van der Waals surface area contributed by atoms with E-state index in [1.165, 1.54) is 6.08 Å². The minimum Gasteiger partial charge on any atom is -0.478 e. The van der Waals surface area contributed by atoms with Gasteiger partial charge in [-0.3, -0.25) is 4.79 Å². The Morgan fingerprint density at radius 1 is 1.42 bits per heavy atom. The Balaban J connectivity index is 2.18. The first kappa shape index (κ1) is 13.3. The zero-order valence-corrected chi connectivity index (χ0v) is 10.9. The molecule has 1 aliphatic heterocycles. The highest BCUT2D eigenvalue weighted by atomic mass is 16.4. The van der Waals surface area contributed by atoms with Crippen molar-refractivity contribution in [3.63, 3.8) is 0 Å². The van der Waals surface area contributed by atoms with Gasteiger partial charge in [-0.2, -0.15) is 0 Å². The molecule has 100 valence electrons. The van der Waals surface area contributed by atoms with Crippen LogP contribution in [0.15, 0.2) is 30.3 Å². The van der Waals surface area contributed by atoms with Gasteiger partial charge < -0.3 is 10.0 Å². The van der Waals surface area contributed by atoms with Crippen LogP contribution in [0.1, 0.15) is 35.7 Å². The minimum atomic E-state index is -0.995. The van der Waals surface area contributed by atoms with Crippen molar-refractivity contribution < 1.29 is 14.7 Å². The number of carboxylic acids is 1. The van der Waals surface area contributed by atoms with E-state index in [1.807, 2.05) is 4.90 Å². The van der Waals surface area contributed by atoms with Gasteiger partial charge in [0.05, 0.1) is 0 Å². The number of rotatable bonds is 3. The van der Waals surface area contributed by atoms with Crippen LogP contribution in [-0.4, -0.2) is 34.5 Å². The van der Waals surface area contributed by atoms with E-state index >= 15 is 0 Å². The van der Waals surface area contributed by atoms with Gasteiger partial charge in [0, 0.05) is 24.2 Å². The maximum Gasteiger partial charge on any atom is 0.328 e. The van der Waals surface area contributed by atoms with E-state index in [0.717, 1.165) is 31.0 Å². The summed E-state index contributed by atoms with van der Waals surface area (Å²) in [6.07, 6.45) is 4.66. The quantitative estimate of drug-likeness (QED) is 0.848. The van der Waals surface area contributed by atoms with Crippen LogP contribution in [0, 0.1) is 0 Å². The Bertz CT molecular complexity index is 522. The van der Waals surface area contributed by atoms with Crippen LogP contribution in [0.2, 0.25) is 0 Å². The highest BCUT2D eigenvalue weighted by Gasteiger charge is 2.25. The van der Waals surface area contributed by atoms with E-state index in [2.05, 4.69) is 6.92 Å². The molecule has 1 saturated heterocycles. The maximum absolute atomic E-state index is 12.3. The van der Waals surface area contributed by atoms with Gasteiger partial charge in [0.2, 0.25) is 0 Å². The van der Waals surface area contributed by atoms with Gasteiger partial charge in [0.15, 0.2) is 0 Å². The molecular weight excluding hydrogens is 242 g/mol. The summed E-state index contributed by atoms with van der Waals surface area (Å²) in [6, 6.07) is 7.34. The molecule has 1 N–H and O–H groups in total. The third-order valence-corrected chi connectivity index (χ3v) is 3.37. The first-order chi connectivity index (χ1) is 9.08. The highest BCUT2D eigenvalue weighted by molar-refractivity contribution is 5.95. The van der Waals surface area contributed by atoms with Gasteiger partial charge >= 0.3 is 5.97 Å². The molecule has 4 heteroatoms. The molecule has 0 bridgehead atoms. The Morgan fingerprint density at radius 2 is 2.21 bits per heavy atom. The van der Waals surface area contributed by atoms with Gasteiger partial charge in [0.25, 0.3) is 5.91 Å². The molecule has 1 heterocycles. The normalized spacial score (nSPS) is 19.0. The van der Waals surface area contributed by atoms with Crippen molar-refractivity contribution in [2.24, 2.45) is 0 Å². The Labute approximate surface area is 112 Å². The van der Waals surface area contributed by atoms with Gasteiger partial charge in [-0.15, -0.1) is 0 Å². The maximum atomic E-state index is 12.3. The molecular formula is C15H17NO3. The fourth-order valence-corrected chi connectivity index (χ4v) is 2.34. The number of nitrogens with zero attached hydrogens (tertiary/aromatic N) is 1. The SMILES string of the molecule is CC1CCCN1C(=O)c1cccc(/C=C/C(=O)O)c1. The van der Waals surface area contributed by atoms with Crippen molar-refractivity contribution in [2.75, 3.05) is 6.54 Å². The molecule has 1 aromatic rings. The lowest BCUT2D eigenvalue weighted by Gasteiger charge is -2.21. The van der Waals surface area contributed by atoms with E-state index in [0.29, 0.717) is 5.56 Å². The molecule has 0 aliphatic carbocycles. The third-order valence-electron chi connectivity index (χ3n) is 3.37.